The Morgan fingerprint density at radius 2 is 1.92 bits per heavy atom. The van der Waals surface area contributed by atoms with Gasteiger partial charge in [0.25, 0.3) is 5.56 Å². The molecule has 1 N–H and O–H groups in total. The van der Waals surface area contributed by atoms with Crippen molar-refractivity contribution in [1.82, 2.24) is 14.5 Å². The second kappa shape index (κ2) is 7.83. The highest BCUT2D eigenvalue weighted by molar-refractivity contribution is 5.76. The molecule has 0 aliphatic carbocycles. The maximum absolute atomic E-state index is 12.2. The molecule has 0 radical (unpaired) electrons. The molecule has 25 heavy (non-hydrogen) atoms. The minimum Gasteiger partial charge on any atom is -0.491 e. The molecule has 1 aromatic heterocycles. The molecule has 7 heteroatoms. The summed E-state index contributed by atoms with van der Waals surface area (Å²) in [6.07, 6.45) is 1.39. The summed E-state index contributed by atoms with van der Waals surface area (Å²) < 4.78 is 7.81. The molecule has 0 spiro atoms. The first-order chi connectivity index (χ1) is 11.8. The Hall–Kier alpha value is -2.83. The van der Waals surface area contributed by atoms with Crippen molar-refractivity contribution in [1.29, 1.82) is 0 Å². The lowest BCUT2D eigenvalue weighted by atomic mass is 10.1. The number of nitrogens with one attached hydrogen (secondary N) is 1. The van der Waals surface area contributed by atoms with Crippen molar-refractivity contribution in [3.05, 3.63) is 62.9 Å². The van der Waals surface area contributed by atoms with Gasteiger partial charge in [0.1, 0.15) is 12.3 Å². The van der Waals surface area contributed by atoms with Gasteiger partial charge in [0, 0.05) is 19.3 Å². The van der Waals surface area contributed by atoms with Gasteiger partial charge in [0.15, 0.2) is 0 Å². The first kappa shape index (κ1) is 18.5. The molecule has 0 unspecified atom stereocenters. The van der Waals surface area contributed by atoms with Gasteiger partial charge in [-0.25, -0.2) is 4.79 Å². The number of amides is 1. The topological polar surface area (TPSA) is 82.3 Å². The normalized spacial score (nSPS) is 12.0. The lowest BCUT2D eigenvalue weighted by Gasteiger charge is -2.17. The van der Waals surface area contributed by atoms with Gasteiger partial charge < -0.3 is 10.1 Å². The van der Waals surface area contributed by atoms with Crippen LogP contribution in [0.15, 0.2) is 46.1 Å². The van der Waals surface area contributed by atoms with Gasteiger partial charge in [-0.15, -0.1) is 0 Å². The number of carbonyl (C=O) groups excluding carboxylic acids is 1. The van der Waals surface area contributed by atoms with E-state index in [1.165, 1.54) is 23.9 Å². The minimum atomic E-state index is -0.525. The SMILES string of the molecule is CC(C)Oc1cccc([C@@H](C)NC(=O)Cn2ccc(=O)n(C)c2=O)c1. The number of rotatable bonds is 6. The van der Waals surface area contributed by atoms with E-state index in [0.29, 0.717) is 0 Å². The zero-order chi connectivity index (χ0) is 18.6. The molecule has 1 aromatic carbocycles. The number of nitrogens with zero attached hydrogens (tertiary/aromatic N) is 2. The summed E-state index contributed by atoms with van der Waals surface area (Å²) in [6.45, 7) is 5.60. The molecule has 0 saturated heterocycles. The third kappa shape index (κ3) is 4.82. The van der Waals surface area contributed by atoms with E-state index in [2.05, 4.69) is 5.32 Å². The van der Waals surface area contributed by atoms with Gasteiger partial charge in [-0.3, -0.25) is 18.7 Å². The van der Waals surface area contributed by atoms with E-state index in [-0.39, 0.29) is 24.6 Å². The molecule has 0 aliphatic rings. The third-order valence-electron chi connectivity index (χ3n) is 3.68. The average molecular weight is 345 g/mol. The fraction of sp³-hybridized carbons (Fsp3) is 0.389. The Kier molecular flexibility index (Phi) is 5.80. The van der Waals surface area contributed by atoms with Crippen LogP contribution < -0.4 is 21.3 Å². The van der Waals surface area contributed by atoms with Crippen LogP contribution in [0.5, 0.6) is 5.75 Å². The smallest absolute Gasteiger partial charge is 0.331 e. The monoisotopic (exact) mass is 345 g/mol. The molecular formula is C18H23N3O4. The van der Waals surface area contributed by atoms with Gasteiger partial charge in [0.2, 0.25) is 5.91 Å². The summed E-state index contributed by atoms with van der Waals surface area (Å²) in [7, 11) is 1.38. The van der Waals surface area contributed by atoms with Crippen molar-refractivity contribution < 1.29 is 9.53 Å². The second-order valence-electron chi connectivity index (χ2n) is 6.15. The molecule has 0 fully saturated rings. The molecule has 7 nitrogen and oxygen atoms in total. The third-order valence-corrected chi connectivity index (χ3v) is 3.68. The van der Waals surface area contributed by atoms with Crippen LogP contribution in [0.4, 0.5) is 0 Å². The minimum absolute atomic E-state index is 0.0664. The number of hydrogen-bond donors (Lipinski definition) is 1. The van der Waals surface area contributed by atoms with E-state index in [1.807, 2.05) is 45.0 Å². The fourth-order valence-corrected chi connectivity index (χ4v) is 2.39. The zero-order valence-corrected chi connectivity index (χ0v) is 14.9. The van der Waals surface area contributed by atoms with Gasteiger partial charge in [0.05, 0.1) is 12.1 Å². The molecule has 1 atom stereocenters. The van der Waals surface area contributed by atoms with Gasteiger partial charge in [-0.2, -0.15) is 0 Å². The molecule has 0 bridgehead atoms. The van der Waals surface area contributed by atoms with Crippen molar-refractivity contribution in [2.75, 3.05) is 0 Å². The van der Waals surface area contributed by atoms with Gasteiger partial charge in [-0.1, -0.05) is 12.1 Å². The number of benzene rings is 1. The van der Waals surface area contributed by atoms with Crippen LogP contribution in [0, 0.1) is 0 Å². The molecular weight excluding hydrogens is 322 g/mol. The number of carbonyl (C=O) groups is 1. The first-order valence-electron chi connectivity index (χ1n) is 8.10. The Labute approximate surface area is 145 Å². The van der Waals surface area contributed by atoms with Crippen molar-refractivity contribution in [3.63, 3.8) is 0 Å². The second-order valence-corrected chi connectivity index (χ2v) is 6.15. The Bertz CT molecular complexity index is 867. The summed E-state index contributed by atoms with van der Waals surface area (Å²) in [5.74, 6) is 0.423. The molecule has 134 valence electrons. The Morgan fingerprint density at radius 3 is 2.60 bits per heavy atom. The van der Waals surface area contributed by atoms with Crippen LogP contribution in [0.3, 0.4) is 0 Å². The molecule has 0 saturated carbocycles. The lowest BCUT2D eigenvalue weighted by molar-refractivity contribution is -0.122. The van der Waals surface area contributed by atoms with Crippen LogP contribution in [0.2, 0.25) is 0 Å². The standard InChI is InChI=1S/C18H23N3O4/c1-12(2)25-15-7-5-6-14(10-15)13(3)19-16(22)11-21-9-8-17(23)20(4)18(21)24/h5-10,12-13H,11H2,1-4H3,(H,19,22)/t13-/m1/s1. The zero-order valence-electron chi connectivity index (χ0n) is 14.9. The highest BCUT2D eigenvalue weighted by Gasteiger charge is 2.12. The van der Waals surface area contributed by atoms with Crippen molar-refractivity contribution in [3.8, 4) is 5.75 Å². The summed E-state index contributed by atoms with van der Waals surface area (Å²) in [5, 5.41) is 2.84. The number of hydrogen-bond acceptors (Lipinski definition) is 4. The Morgan fingerprint density at radius 1 is 1.20 bits per heavy atom. The van der Waals surface area contributed by atoms with Gasteiger partial charge in [-0.05, 0) is 38.5 Å². The highest BCUT2D eigenvalue weighted by atomic mass is 16.5. The summed E-state index contributed by atoms with van der Waals surface area (Å²) in [6, 6.07) is 8.52. The van der Waals surface area contributed by atoms with Crippen LogP contribution in [-0.4, -0.2) is 21.1 Å². The lowest BCUT2D eigenvalue weighted by Crippen LogP contribution is -2.40. The van der Waals surface area contributed by atoms with Crippen LogP contribution in [0.25, 0.3) is 0 Å². The number of ether oxygens (including phenoxy) is 1. The Balaban J connectivity index is 2.07. The first-order valence-corrected chi connectivity index (χ1v) is 8.10. The quantitative estimate of drug-likeness (QED) is 0.853. The largest absolute Gasteiger partial charge is 0.491 e. The average Bonchev–Trinajstić information content (AvgIpc) is 2.55. The van der Waals surface area contributed by atoms with Crippen molar-refractivity contribution in [2.45, 2.75) is 39.5 Å². The van der Waals surface area contributed by atoms with Crippen LogP contribution in [0.1, 0.15) is 32.4 Å². The highest BCUT2D eigenvalue weighted by Crippen LogP contribution is 2.20. The van der Waals surface area contributed by atoms with Crippen molar-refractivity contribution in [2.24, 2.45) is 7.05 Å². The van der Waals surface area contributed by atoms with E-state index in [4.69, 9.17) is 4.74 Å². The van der Waals surface area contributed by atoms with E-state index in [1.54, 1.807) is 0 Å². The molecule has 1 heterocycles. The summed E-state index contributed by atoms with van der Waals surface area (Å²) >= 11 is 0. The van der Waals surface area contributed by atoms with E-state index in [9.17, 15) is 14.4 Å². The predicted molar refractivity (Wildman–Crippen MR) is 94.7 cm³/mol. The summed E-state index contributed by atoms with van der Waals surface area (Å²) in [4.78, 5) is 35.6. The van der Waals surface area contributed by atoms with Crippen LogP contribution >= 0.6 is 0 Å². The van der Waals surface area contributed by atoms with Gasteiger partial charge >= 0.3 is 5.69 Å². The molecule has 1 amide bonds. The van der Waals surface area contributed by atoms with Crippen molar-refractivity contribution >= 4 is 5.91 Å². The maximum atomic E-state index is 12.2. The van der Waals surface area contributed by atoms with Crippen LogP contribution in [-0.2, 0) is 18.4 Å². The van der Waals surface area contributed by atoms with E-state index >= 15 is 0 Å². The molecule has 0 aliphatic heterocycles. The molecule has 2 aromatic rings. The maximum Gasteiger partial charge on any atom is 0.331 e. The molecule has 2 rings (SSSR count). The van der Waals surface area contributed by atoms with E-state index in [0.717, 1.165) is 15.9 Å². The summed E-state index contributed by atoms with van der Waals surface area (Å²) in [5.41, 5.74) is -0.0288. The van der Waals surface area contributed by atoms with E-state index < -0.39 is 11.2 Å². The number of aromatic nitrogens is 2. The fourth-order valence-electron chi connectivity index (χ4n) is 2.39. The predicted octanol–water partition coefficient (Wildman–Crippen LogP) is 1.21.